The fraction of sp³-hybridized carbons (Fsp3) is 0.300. The number of halogens is 3. The van der Waals surface area contributed by atoms with E-state index in [0.717, 1.165) is 17.7 Å². The average molecular weight is 410 g/mol. The number of benzene rings is 2. The SMILES string of the molecule is CCN(CC(=O)Nc1c(F)cccc1F)C(C)C(=O)Nc1cccc(Cl)c1C. The summed E-state index contributed by atoms with van der Waals surface area (Å²) < 4.78 is 27.4. The molecule has 0 saturated carbocycles. The van der Waals surface area contributed by atoms with Crippen LogP contribution < -0.4 is 10.6 Å². The second-order valence-electron chi connectivity index (χ2n) is 6.29. The lowest BCUT2D eigenvalue weighted by Crippen LogP contribution is -2.45. The van der Waals surface area contributed by atoms with Gasteiger partial charge in [-0.3, -0.25) is 14.5 Å². The molecular weight excluding hydrogens is 388 g/mol. The zero-order valence-corrected chi connectivity index (χ0v) is 16.6. The van der Waals surface area contributed by atoms with Gasteiger partial charge in [0.05, 0.1) is 12.6 Å². The lowest BCUT2D eigenvalue weighted by Gasteiger charge is -2.26. The fourth-order valence-corrected chi connectivity index (χ4v) is 2.82. The molecule has 0 saturated heterocycles. The van der Waals surface area contributed by atoms with E-state index in [1.165, 1.54) is 6.07 Å². The molecule has 0 radical (unpaired) electrons. The molecule has 2 amide bonds. The third kappa shape index (κ3) is 5.27. The number of nitrogens with one attached hydrogen (secondary N) is 2. The van der Waals surface area contributed by atoms with Crippen LogP contribution >= 0.6 is 11.6 Å². The summed E-state index contributed by atoms with van der Waals surface area (Å²) in [4.78, 5) is 26.4. The molecule has 0 spiro atoms. The first-order valence-electron chi connectivity index (χ1n) is 8.78. The van der Waals surface area contributed by atoms with Crippen molar-refractivity contribution in [3.05, 3.63) is 58.6 Å². The second-order valence-corrected chi connectivity index (χ2v) is 6.69. The monoisotopic (exact) mass is 409 g/mol. The number of carbonyl (C=O) groups is 2. The van der Waals surface area contributed by atoms with E-state index in [-0.39, 0.29) is 12.5 Å². The van der Waals surface area contributed by atoms with Crippen molar-refractivity contribution in [2.75, 3.05) is 23.7 Å². The number of hydrogen-bond acceptors (Lipinski definition) is 3. The van der Waals surface area contributed by atoms with Gasteiger partial charge in [0.15, 0.2) is 0 Å². The molecule has 1 atom stereocenters. The average Bonchev–Trinajstić information content (AvgIpc) is 2.66. The van der Waals surface area contributed by atoms with Crippen LogP contribution in [0.4, 0.5) is 20.2 Å². The van der Waals surface area contributed by atoms with E-state index < -0.39 is 29.3 Å². The maximum atomic E-state index is 13.7. The highest BCUT2D eigenvalue weighted by Gasteiger charge is 2.23. The van der Waals surface area contributed by atoms with Crippen molar-refractivity contribution in [3.63, 3.8) is 0 Å². The summed E-state index contributed by atoms with van der Waals surface area (Å²) in [6, 6.07) is 7.85. The summed E-state index contributed by atoms with van der Waals surface area (Å²) in [6.45, 7) is 5.40. The molecular formula is C20H22ClF2N3O2. The highest BCUT2D eigenvalue weighted by Crippen LogP contribution is 2.23. The maximum absolute atomic E-state index is 13.7. The Morgan fingerprint density at radius 1 is 1.11 bits per heavy atom. The van der Waals surface area contributed by atoms with Crippen molar-refractivity contribution < 1.29 is 18.4 Å². The highest BCUT2D eigenvalue weighted by molar-refractivity contribution is 6.31. The molecule has 0 heterocycles. The van der Waals surface area contributed by atoms with Crippen molar-refractivity contribution in [1.29, 1.82) is 0 Å². The Morgan fingerprint density at radius 2 is 1.71 bits per heavy atom. The number of hydrogen-bond donors (Lipinski definition) is 2. The van der Waals surface area contributed by atoms with Crippen molar-refractivity contribution in [3.8, 4) is 0 Å². The van der Waals surface area contributed by atoms with E-state index in [4.69, 9.17) is 11.6 Å². The van der Waals surface area contributed by atoms with E-state index >= 15 is 0 Å². The van der Waals surface area contributed by atoms with Gasteiger partial charge in [0.2, 0.25) is 11.8 Å². The normalized spacial score (nSPS) is 12.0. The minimum Gasteiger partial charge on any atom is -0.324 e. The van der Waals surface area contributed by atoms with Gasteiger partial charge in [-0.1, -0.05) is 30.7 Å². The van der Waals surface area contributed by atoms with Gasteiger partial charge >= 0.3 is 0 Å². The molecule has 2 aromatic carbocycles. The summed E-state index contributed by atoms with van der Waals surface area (Å²) in [5.74, 6) is -2.67. The molecule has 28 heavy (non-hydrogen) atoms. The summed E-state index contributed by atoms with van der Waals surface area (Å²) in [5.41, 5.74) is 0.814. The lowest BCUT2D eigenvalue weighted by atomic mass is 10.2. The predicted octanol–water partition coefficient (Wildman–Crippen LogP) is 4.21. The highest BCUT2D eigenvalue weighted by atomic mass is 35.5. The Hall–Kier alpha value is -2.51. The van der Waals surface area contributed by atoms with E-state index in [1.807, 2.05) is 0 Å². The van der Waals surface area contributed by atoms with Crippen LogP contribution in [0.3, 0.4) is 0 Å². The van der Waals surface area contributed by atoms with Crippen LogP contribution in [0.25, 0.3) is 0 Å². The van der Waals surface area contributed by atoms with Crippen LogP contribution in [-0.4, -0.2) is 35.8 Å². The van der Waals surface area contributed by atoms with Gasteiger partial charge < -0.3 is 10.6 Å². The Morgan fingerprint density at radius 3 is 2.32 bits per heavy atom. The number of amides is 2. The summed E-state index contributed by atoms with van der Waals surface area (Å²) in [7, 11) is 0. The maximum Gasteiger partial charge on any atom is 0.241 e. The smallest absolute Gasteiger partial charge is 0.241 e. The third-order valence-electron chi connectivity index (χ3n) is 4.43. The number of nitrogens with zero attached hydrogens (tertiary/aromatic N) is 1. The summed E-state index contributed by atoms with van der Waals surface area (Å²) in [6.07, 6.45) is 0. The second kappa shape index (κ2) is 9.61. The van der Waals surface area contributed by atoms with Gasteiger partial charge in [0.25, 0.3) is 0 Å². The van der Waals surface area contributed by atoms with Crippen LogP contribution in [0.5, 0.6) is 0 Å². The van der Waals surface area contributed by atoms with E-state index in [9.17, 15) is 18.4 Å². The van der Waals surface area contributed by atoms with E-state index in [2.05, 4.69) is 10.6 Å². The number of carbonyl (C=O) groups excluding carboxylic acids is 2. The Balaban J connectivity index is 2.04. The molecule has 0 fully saturated rings. The zero-order chi connectivity index (χ0) is 20.8. The molecule has 0 aliphatic rings. The summed E-state index contributed by atoms with van der Waals surface area (Å²) >= 11 is 6.06. The van der Waals surface area contributed by atoms with Gasteiger partial charge in [-0.25, -0.2) is 8.78 Å². The van der Waals surface area contributed by atoms with Gasteiger partial charge in [-0.15, -0.1) is 0 Å². The fourth-order valence-electron chi connectivity index (χ4n) is 2.65. The van der Waals surface area contributed by atoms with Crippen molar-refractivity contribution in [2.45, 2.75) is 26.8 Å². The molecule has 2 N–H and O–H groups in total. The molecule has 0 aliphatic carbocycles. The van der Waals surface area contributed by atoms with Gasteiger partial charge in [-0.05, 0) is 50.2 Å². The molecule has 0 aromatic heterocycles. The first kappa shape index (κ1) is 21.8. The van der Waals surface area contributed by atoms with Crippen LogP contribution in [0.15, 0.2) is 36.4 Å². The topological polar surface area (TPSA) is 61.4 Å². The minimum atomic E-state index is -0.862. The molecule has 0 bridgehead atoms. The standard InChI is InChI=1S/C20H22ClF2N3O2/c1-4-26(11-18(27)25-19-15(22)8-6-9-16(19)23)13(3)20(28)24-17-10-5-7-14(21)12(17)2/h5-10,13H,4,11H2,1-3H3,(H,24,28)(H,25,27). The number of likely N-dealkylation sites (N-methyl/N-ethyl adjacent to an activating group) is 1. The Kier molecular flexibility index (Phi) is 7.48. The number of para-hydroxylation sites is 1. The Labute approximate surface area is 167 Å². The molecule has 0 aliphatic heterocycles. The number of anilines is 2. The van der Waals surface area contributed by atoms with Crippen LogP contribution in [0.2, 0.25) is 5.02 Å². The molecule has 2 aromatic rings. The zero-order valence-electron chi connectivity index (χ0n) is 15.9. The lowest BCUT2D eigenvalue weighted by molar-refractivity contribution is -0.123. The predicted molar refractivity (Wildman–Crippen MR) is 107 cm³/mol. The van der Waals surface area contributed by atoms with Crippen molar-refractivity contribution in [1.82, 2.24) is 4.90 Å². The van der Waals surface area contributed by atoms with Crippen molar-refractivity contribution in [2.24, 2.45) is 0 Å². The minimum absolute atomic E-state index is 0.201. The largest absolute Gasteiger partial charge is 0.324 e. The van der Waals surface area contributed by atoms with Crippen molar-refractivity contribution >= 4 is 34.8 Å². The summed E-state index contributed by atoms with van der Waals surface area (Å²) in [5, 5.41) is 5.55. The Bertz CT molecular complexity index is 856. The van der Waals surface area contributed by atoms with E-state index in [0.29, 0.717) is 17.3 Å². The first-order chi connectivity index (χ1) is 13.2. The molecule has 8 heteroatoms. The third-order valence-corrected chi connectivity index (χ3v) is 4.84. The molecule has 150 valence electrons. The van der Waals surface area contributed by atoms with Crippen LogP contribution in [0.1, 0.15) is 19.4 Å². The van der Waals surface area contributed by atoms with Crippen LogP contribution in [-0.2, 0) is 9.59 Å². The molecule has 5 nitrogen and oxygen atoms in total. The molecule has 1 unspecified atom stereocenters. The van der Waals surface area contributed by atoms with Crippen LogP contribution in [0, 0.1) is 18.6 Å². The number of rotatable bonds is 7. The van der Waals surface area contributed by atoms with Gasteiger partial charge in [0.1, 0.15) is 17.3 Å². The van der Waals surface area contributed by atoms with Gasteiger partial charge in [0, 0.05) is 10.7 Å². The van der Waals surface area contributed by atoms with Gasteiger partial charge in [-0.2, -0.15) is 0 Å². The molecule has 2 rings (SSSR count). The van der Waals surface area contributed by atoms with E-state index in [1.54, 1.807) is 43.9 Å². The first-order valence-corrected chi connectivity index (χ1v) is 9.16. The quantitative estimate of drug-likeness (QED) is 0.720.